The number of carbonyl (C=O) groups is 2. The van der Waals surface area contributed by atoms with E-state index in [1.165, 1.54) is 32.1 Å². The Morgan fingerprint density at radius 3 is 2.67 bits per heavy atom. The summed E-state index contributed by atoms with van der Waals surface area (Å²) in [6, 6.07) is 14.2. The standard InChI is InChI=1S/C30H40N2O4/c33-29(34)17-6-2-5-13-25(22-36-28-16-9-14-24-12-7-8-15-27(24)28)30(35)31-26-18-19-32(21-26)20-23-10-3-1-4-11-23/h7-9,12-16,23,26H,1-6,10-11,17-22H2,(H,31,35)(H,33,34)/b25-13+. The first-order chi connectivity index (χ1) is 17.6. The van der Waals surface area contributed by atoms with E-state index in [2.05, 4.69) is 10.2 Å². The van der Waals surface area contributed by atoms with Crippen LogP contribution in [0.4, 0.5) is 0 Å². The highest BCUT2D eigenvalue weighted by Gasteiger charge is 2.27. The number of fused-ring (bicyclic) bond motifs is 1. The number of likely N-dealkylation sites (tertiary alicyclic amines) is 1. The number of carboxylic acid groups (broad SMARTS) is 1. The topological polar surface area (TPSA) is 78.9 Å². The number of hydrogen-bond donors (Lipinski definition) is 2. The SMILES string of the molecule is O=C(O)CCCC/C=C(\COc1cccc2ccccc12)C(=O)NC1CCN(CC2CCCCC2)C1. The monoisotopic (exact) mass is 492 g/mol. The number of allylic oxidation sites excluding steroid dienone is 1. The van der Waals surface area contributed by atoms with Gasteiger partial charge in [0.2, 0.25) is 0 Å². The van der Waals surface area contributed by atoms with E-state index in [-0.39, 0.29) is 25.0 Å². The molecule has 6 heteroatoms. The summed E-state index contributed by atoms with van der Waals surface area (Å²) in [4.78, 5) is 26.6. The van der Waals surface area contributed by atoms with Gasteiger partial charge in [-0.1, -0.05) is 61.7 Å². The van der Waals surface area contributed by atoms with Gasteiger partial charge in [-0.3, -0.25) is 9.59 Å². The molecule has 1 aliphatic heterocycles. The zero-order chi connectivity index (χ0) is 25.2. The van der Waals surface area contributed by atoms with Gasteiger partial charge >= 0.3 is 5.97 Å². The summed E-state index contributed by atoms with van der Waals surface area (Å²) in [5.41, 5.74) is 0.615. The van der Waals surface area contributed by atoms with Crippen LogP contribution in [0.25, 0.3) is 10.8 Å². The third-order valence-corrected chi connectivity index (χ3v) is 7.51. The molecule has 1 saturated carbocycles. The molecule has 1 saturated heterocycles. The molecule has 194 valence electrons. The Morgan fingerprint density at radius 1 is 1.03 bits per heavy atom. The first kappa shape index (κ1) is 26.2. The average molecular weight is 493 g/mol. The quantitative estimate of drug-likeness (QED) is 0.300. The number of amides is 1. The molecule has 0 spiro atoms. The minimum Gasteiger partial charge on any atom is -0.488 e. The Bertz CT molecular complexity index is 1040. The van der Waals surface area contributed by atoms with Crippen LogP contribution < -0.4 is 10.1 Å². The number of nitrogens with zero attached hydrogens (tertiary/aromatic N) is 1. The van der Waals surface area contributed by atoms with Crippen molar-refractivity contribution in [2.45, 2.75) is 70.3 Å². The highest BCUT2D eigenvalue weighted by molar-refractivity contribution is 5.94. The molecule has 2 N–H and O–H groups in total. The molecule has 2 aromatic rings. The Morgan fingerprint density at radius 2 is 1.83 bits per heavy atom. The summed E-state index contributed by atoms with van der Waals surface area (Å²) >= 11 is 0. The maximum absolute atomic E-state index is 13.3. The van der Waals surface area contributed by atoms with E-state index in [1.807, 2.05) is 48.5 Å². The van der Waals surface area contributed by atoms with Gasteiger partial charge in [-0.2, -0.15) is 0 Å². The highest BCUT2D eigenvalue weighted by Crippen LogP contribution is 2.27. The summed E-state index contributed by atoms with van der Waals surface area (Å²) in [6.07, 6.45) is 11.8. The molecule has 1 unspecified atom stereocenters. The van der Waals surface area contributed by atoms with Crippen molar-refractivity contribution >= 4 is 22.6 Å². The number of nitrogens with one attached hydrogen (secondary N) is 1. The second-order valence-electron chi connectivity index (χ2n) is 10.4. The van der Waals surface area contributed by atoms with Crippen molar-refractivity contribution in [1.29, 1.82) is 0 Å². The van der Waals surface area contributed by atoms with Crippen molar-refractivity contribution in [1.82, 2.24) is 10.2 Å². The second-order valence-corrected chi connectivity index (χ2v) is 10.4. The molecule has 36 heavy (non-hydrogen) atoms. The van der Waals surface area contributed by atoms with E-state index >= 15 is 0 Å². The van der Waals surface area contributed by atoms with Gasteiger partial charge in [0, 0.05) is 37.5 Å². The first-order valence-corrected chi connectivity index (χ1v) is 13.6. The minimum atomic E-state index is -0.782. The summed E-state index contributed by atoms with van der Waals surface area (Å²) < 4.78 is 6.15. The van der Waals surface area contributed by atoms with Gasteiger partial charge in [0.15, 0.2) is 0 Å². The molecule has 1 heterocycles. The fourth-order valence-corrected chi connectivity index (χ4v) is 5.52. The van der Waals surface area contributed by atoms with Crippen molar-refractivity contribution in [3.8, 4) is 5.75 Å². The van der Waals surface area contributed by atoms with E-state index in [0.717, 1.165) is 54.9 Å². The van der Waals surface area contributed by atoms with Gasteiger partial charge in [-0.05, 0) is 55.9 Å². The van der Waals surface area contributed by atoms with Crippen molar-refractivity contribution in [3.63, 3.8) is 0 Å². The van der Waals surface area contributed by atoms with Crippen LogP contribution in [-0.2, 0) is 9.59 Å². The van der Waals surface area contributed by atoms with Crippen LogP contribution in [0.5, 0.6) is 5.75 Å². The van der Waals surface area contributed by atoms with Crippen molar-refractivity contribution in [3.05, 3.63) is 54.1 Å². The van der Waals surface area contributed by atoms with E-state index < -0.39 is 5.97 Å². The predicted molar refractivity (Wildman–Crippen MR) is 143 cm³/mol. The van der Waals surface area contributed by atoms with Crippen LogP contribution in [0, 0.1) is 5.92 Å². The van der Waals surface area contributed by atoms with Gasteiger partial charge in [0.25, 0.3) is 5.91 Å². The third kappa shape index (κ3) is 7.82. The van der Waals surface area contributed by atoms with E-state index in [4.69, 9.17) is 9.84 Å². The normalized spacial score (nSPS) is 19.4. The lowest BCUT2D eigenvalue weighted by molar-refractivity contribution is -0.137. The smallest absolute Gasteiger partial charge is 0.303 e. The number of unbranched alkanes of at least 4 members (excludes halogenated alkanes) is 2. The summed E-state index contributed by atoms with van der Waals surface area (Å²) in [7, 11) is 0. The Kier molecular flexibility index (Phi) is 9.79. The van der Waals surface area contributed by atoms with Crippen LogP contribution in [0.2, 0.25) is 0 Å². The number of rotatable bonds is 12. The van der Waals surface area contributed by atoms with E-state index in [0.29, 0.717) is 18.4 Å². The molecule has 0 bridgehead atoms. The maximum Gasteiger partial charge on any atom is 0.303 e. The van der Waals surface area contributed by atoms with E-state index in [9.17, 15) is 9.59 Å². The fraction of sp³-hybridized carbons (Fsp3) is 0.533. The molecule has 2 fully saturated rings. The molecule has 0 radical (unpaired) electrons. The molecule has 6 nitrogen and oxygen atoms in total. The molecule has 1 aliphatic carbocycles. The largest absolute Gasteiger partial charge is 0.488 e. The number of carbonyl (C=O) groups excluding carboxylic acids is 1. The second kappa shape index (κ2) is 13.4. The molecule has 4 rings (SSSR count). The van der Waals surface area contributed by atoms with Gasteiger partial charge in [-0.25, -0.2) is 0 Å². The molecular weight excluding hydrogens is 452 g/mol. The maximum atomic E-state index is 13.3. The summed E-state index contributed by atoms with van der Waals surface area (Å²) in [6.45, 7) is 3.31. The first-order valence-electron chi connectivity index (χ1n) is 13.6. The number of ether oxygens (including phenoxy) is 1. The zero-order valence-corrected chi connectivity index (χ0v) is 21.3. The number of aliphatic carboxylic acids is 1. The third-order valence-electron chi connectivity index (χ3n) is 7.51. The molecule has 1 atom stereocenters. The number of carboxylic acids is 1. The van der Waals surface area contributed by atoms with Crippen LogP contribution in [0.1, 0.15) is 64.2 Å². The van der Waals surface area contributed by atoms with Gasteiger partial charge in [-0.15, -0.1) is 0 Å². The number of hydrogen-bond acceptors (Lipinski definition) is 4. The Balaban J connectivity index is 1.35. The predicted octanol–water partition coefficient (Wildman–Crippen LogP) is 5.56. The molecule has 2 aliphatic rings. The van der Waals surface area contributed by atoms with Crippen molar-refractivity contribution < 1.29 is 19.4 Å². The van der Waals surface area contributed by atoms with Crippen LogP contribution in [0.3, 0.4) is 0 Å². The van der Waals surface area contributed by atoms with E-state index in [1.54, 1.807) is 0 Å². The van der Waals surface area contributed by atoms with Crippen molar-refractivity contribution in [2.24, 2.45) is 5.92 Å². The Labute approximate surface area is 214 Å². The number of benzene rings is 2. The summed E-state index contributed by atoms with van der Waals surface area (Å²) in [5.74, 6) is 0.717. The van der Waals surface area contributed by atoms with Crippen molar-refractivity contribution in [2.75, 3.05) is 26.2 Å². The highest BCUT2D eigenvalue weighted by atomic mass is 16.5. The minimum absolute atomic E-state index is 0.0713. The lowest BCUT2D eigenvalue weighted by atomic mass is 9.89. The Hall–Kier alpha value is -2.86. The molecular formula is C30H40N2O4. The molecule has 0 aromatic heterocycles. The van der Waals surface area contributed by atoms with Crippen LogP contribution in [0.15, 0.2) is 54.1 Å². The lowest BCUT2D eigenvalue weighted by Gasteiger charge is -2.26. The molecule has 2 aromatic carbocycles. The lowest BCUT2D eigenvalue weighted by Crippen LogP contribution is -2.39. The van der Waals surface area contributed by atoms with Crippen LogP contribution >= 0.6 is 0 Å². The zero-order valence-electron chi connectivity index (χ0n) is 21.3. The molecule has 1 amide bonds. The van der Waals surface area contributed by atoms with Crippen LogP contribution in [-0.4, -0.2) is 54.2 Å². The van der Waals surface area contributed by atoms with Gasteiger partial charge < -0.3 is 20.1 Å². The van der Waals surface area contributed by atoms with Gasteiger partial charge in [0.05, 0.1) is 5.57 Å². The average Bonchev–Trinajstić information content (AvgIpc) is 3.32. The summed E-state index contributed by atoms with van der Waals surface area (Å²) in [5, 5.41) is 14.3. The van der Waals surface area contributed by atoms with Gasteiger partial charge in [0.1, 0.15) is 12.4 Å². The fourth-order valence-electron chi connectivity index (χ4n) is 5.52.